The first-order valence-electron chi connectivity index (χ1n) is 11.2. The second kappa shape index (κ2) is 10.4. The Morgan fingerprint density at radius 1 is 1.08 bits per heavy atom. The number of aliphatic hydroxyl groups is 2. The van der Waals surface area contributed by atoms with Crippen LogP contribution in [-0.4, -0.2) is 56.6 Å². The molecule has 1 atom stereocenters. The maximum absolute atomic E-state index is 13.5. The molecule has 0 fully saturated rings. The first-order valence-corrected chi connectivity index (χ1v) is 11.6. The summed E-state index contributed by atoms with van der Waals surface area (Å²) < 4.78 is 46.3. The molecule has 1 unspecified atom stereocenters. The molecule has 2 N–H and O–H groups in total. The Kier molecular flexibility index (Phi) is 7.43. The van der Waals surface area contributed by atoms with Crippen molar-refractivity contribution in [2.24, 2.45) is 0 Å². The topological polar surface area (TPSA) is 91.1 Å². The molecular weight excluding hydrogens is 501 g/mol. The van der Waals surface area contributed by atoms with E-state index in [0.717, 1.165) is 17.7 Å². The average molecular weight is 525 g/mol. The van der Waals surface area contributed by atoms with Gasteiger partial charge in [0.15, 0.2) is 11.5 Å². The van der Waals surface area contributed by atoms with Crippen molar-refractivity contribution in [2.75, 3.05) is 24.6 Å². The van der Waals surface area contributed by atoms with Gasteiger partial charge in [0.2, 0.25) is 6.35 Å². The van der Waals surface area contributed by atoms with E-state index in [4.69, 9.17) is 16.3 Å². The number of amides is 1. The number of benzene rings is 2. The van der Waals surface area contributed by atoms with Gasteiger partial charge in [-0.2, -0.15) is 18.2 Å². The van der Waals surface area contributed by atoms with Gasteiger partial charge in [0.25, 0.3) is 5.91 Å². The fraction of sp³-hybridized carbons (Fsp3) is 0.333. The smallest absolute Gasteiger partial charge is 0.416 e. The minimum absolute atomic E-state index is 0.0299. The summed E-state index contributed by atoms with van der Waals surface area (Å²) in [5.74, 6) is -0.235. The largest absolute Gasteiger partial charge is 0.425 e. The van der Waals surface area contributed by atoms with E-state index in [1.807, 2.05) is 0 Å². The predicted molar refractivity (Wildman–Crippen MR) is 126 cm³/mol. The second-order valence-corrected chi connectivity index (χ2v) is 8.55. The highest BCUT2D eigenvalue weighted by Crippen LogP contribution is 2.36. The molecule has 36 heavy (non-hydrogen) atoms. The summed E-state index contributed by atoms with van der Waals surface area (Å²) in [6.07, 6.45) is -5.54. The molecule has 12 heteroatoms. The number of ether oxygens (including phenoxy) is 1. The highest BCUT2D eigenvalue weighted by atomic mass is 35.5. The van der Waals surface area contributed by atoms with Gasteiger partial charge in [-0.25, -0.2) is 0 Å². The zero-order valence-electron chi connectivity index (χ0n) is 19.2. The van der Waals surface area contributed by atoms with Gasteiger partial charge in [-0.15, -0.1) is 0 Å². The summed E-state index contributed by atoms with van der Waals surface area (Å²) in [5.41, 5.74) is 0.0892. The van der Waals surface area contributed by atoms with E-state index < -0.39 is 24.0 Å². The van der Waals surface area contributed by atoms with Crippen LogP contribution in [-0.2, 0) is 12.7 Å². The maximum atomic E-state index is 13.5. The van der Waals surface area contributed by atoms with Crippen molar-refractivity contribution in [3.05, 3.63) is 70.4 Å². The lowest BCUT2D eigenvalue weighted by Crippen LogP contribution is -2.56. The molecule has 0 radical (unpaired) electrons. The Hall–Kier alpha value is -3.28. The van der Waals surface area contributed by atoms with E-state index in [-0.39, 0.29) is 49.4 Å². The number of halogens is 4. The quantitative estimate of drug-likeness (QED) is 0.456. The van der Waals surface area contributed by atoms with Crippen LogP contribution in [0.3, 0.4) is 0 Å². The van der Waals surface area contributed by atoms with Crippen molar-refractivity contribution in [3.8, 4) is 11.8 Å². The number of aliphatic hydroxyl groups excluding tert-OH is 2. The van der Waals surface area contributed by atoms with E-state index in [2.05, 4.69) is 4.98 Å². The molecule has 0 saturated heterocycles. The lowest BCUT2D eigenvalue weighted by molar-refractivity contribution is -0.137. The molecule has 1 amide bonds. The van der Waals surface area contributed by atoms with Gasteiger partial charge in [-0.3, -0.25) is 14.3 Å². The summed E-state index contributed by atoms with van der Waals surface area (Å²) in [6.45, 7) is 2.16. The van der Waals surface area contributed by atoms with Crippen LogP contribution in [0, 0.1) is 0 Å². The zero-order chi connectivity index (χ0) is 26.0. The molecule has 8 nitrogen and oxygen atoms in total. The summed E-state index contributed by atoms with van der Waals surface area (Å²) in [5, 5.41) is 20.6. The number of hydrogen-bond acceptors (Lipinski definition) is 6. The van der Waals surface area contributed by atoms with Crippen LogP contribution in [0.2, 0.25) is 5.02 Å². The van der Waals surface area contributed by atoms with Crippen molar-refractivity contribution in [3.63, 3.8) is 0 Å². The lowest BCUT2D eigenvalue weighted by atomic mass is 10.2. The van der Waals surface area contributed by atoms with E-state index in [1.165, 1.54) is 26.5 Å². The molecule has 1 aromatic heterocycles. The molecule has 3 aromatic rings. The molecule has 192 valence electrons. The van der Waals surface area contributed by atoms with Gasteiger partial charge in [0.1, 0.15) is 5.75 Å². The van der Waals surface area contributed by atoms with Gasteiger partial charge in [0, 0.05) is 24.7 Å². The summed E-state index contributed by atoms with van der Waals surface area (Å²) in [6, 6.07) is 11.0. The zero-order valence-corrected chi connectivity index (χ0v) is 20.0. The van der Waals surface area contributed by atoms with Crippen molar-refractivity contribution >= 4 is 23.3 Å². The Morgan fingerprint density at radius 3 is 2.33 bits per heavy atom. The third-order valence-corrected chi connectivity index (χ3v) is 6.00. The molecule has 4 rings (SSSR count). The fourth-order valence-electron chi connectivity index (χ4n) is 3.94. The fourth-order valence-corrected chi connectivity index (χ4v) is 4.06. The van der Waals surface area contributed by atoms with Crippen LogP contribution < -0.4 is 9.64 Å². The Labute approximate surface area is 210 Å². The van der Waals surface area contributed by atoms with Crippen LogP contribution in [0.15, 0.2) is 48.5 Å². The van der Waals surface area contributed by atoms with Crippen LogP contribution in [0.25, 0.3) is 0 Å². The first kappa shape index (κ1) is 25.8. The highest BCUT2D eigenvalue weighted by Gasteiger charge is 2.41. The van der Waals surface area contributed by atoms with Crippen molar-refractivity contribution in [1.29, 1.82) is 0 Å². The number of anilines is 1. The van der Waals surface area contributed by atoms with E-state index in [0.29, 0.717) is 11.6 Å². The van der Waals surface area contributed by atoms with E-state index in [1.54, 1.807) is 31.2 Å². The summed E-state index contributed by atoms with van der Waals surface area (Å²) >= 11 is 6.00. The minimum atomic E-state index is -4.49. The van der Waals surface area contributed by atoms with Gasteiger partial charge < -0.3 is 19.8 Å². The molecule has 0 spiro atoms. The number of aromatic nitrogens is 2. The molecule has 0 bridgehead atoms. The van der Waals surface area contributed by atoms with Gasteiger partial charge in [-0.1, -0.05) is 23.7 Å². The Morgan fingerprint density at radius 2 is 1.75 bits per heavy atom. The maximum Gasteiger partial charge on any atom is 0.416 e. The van der Waals surface area contributed by atoms with Crippen molar-refractivity contribution in [1.82, 2.24) is 14.5 Å². The van der Waals surface area contributed by atoms with Crippen LogP contribution in [0.4, 0.5) is 19.0 Å². The molecule has 2 heterocycles. The summed E-state index contributed by atoms with van der Waals surface area (Å²) in [7, 11) is 0. The van der Waals surface area contributed by atoms with Crippen molar-refractivity contribution < 1.29 is 32.9 Å². The summed E-state index contributed by atoms with van der Waals surface area (Å²) in [4.78, 5) is 20.7. The molecule has 0 saturated carbocycles. The molecular formula is C24H24ClF3N4O4. The molecule has 0 aliphatic carbocycles. The van der Waals surface area contributed by atoms with Gasteiger partial charge in [0.05, 0.1) is 12.1 Å². The lowest BCUT2D eigenvalue weighted by Gasteiger charge is -2.40. The highest BCUT2D eigenvalue weighted by molar-refractivity contribution is 6.30. The number of fused-ring (bicyclic) bond motifs is 1. The number of carbonyl (C=O) groups excluding carboxylic acids is 1. The monoisotopic (exact) mass is 524 g/mol. The van der Waals surface area contributed by atoms with E-state index >= 15 is 0 Å². The number of carbonyl (C=O) groups is 1. The van der Waals surface area contributed by atoms with Crippen LogP contribution >= 0.6 is 11.6 Å². The third-order valence-electron chi connectivity index (χ3n) is 5.75. The third kappa shape index (κ3) is 5.13. The van der Waals surface area contributed by atoms with Crippen molar-refractivity contribution in [2.45, 2.75) is 32.4 Å². The number of rotatable bonds is 8. The normalized spacial score (nSPS) is 15.9. The Balaban J connectivity index is 1.79. The average Bonchev–Trinajstić information content (AvgIpc) is 3.18. The second-order valence-electron chi connectivity index (χ2n) is 8.11. The van der Waals surface area contributed by atoms with E-state index in [9.17, 15) is 28.2 Å². The van der Waals surface area contributed by atoms with Crippen LogP contribution in [0.5, 0.6) is 11.8 Å². The number of imidazole rings is 1. The first-order chi connectivity index (χ1) is 17.1. The number of hydrogen-bond donors (Lipinski definition) is 2. The number of nitrogens with zero attached hydrogens (tertiary/aromatic N) is 4. The minimum Gasteiger partial charge on any atom is -0.425 e. The van der Waals surface area contributed by atoms with Crippen LogP contribution in [0.1, 0.15) is 35.0 Å². The molecule has 2 aromatic carbocycles. The predicted octanol–water partition coefficient (Wildman–Crippen LogP) is 4.34. The van der Waals surface area contributed by atoms with Gasteiger partial charge >= 0.3 is 12.2 Å². The molecule has 1 aliphatic rings. The number of alkyl halides is 3. The molecule has 1 aliphatic heterocycles. The standard InChI is InChI=1S/C24H24ClF3N4O4/c1-2-30-20-19(21(34)31(23(30)35)12-3-13-33)32(14-15-4-8-17(25)9-5-15)22(29-20)36-18-10-6-16(7-11-18)24(26,27)28/h4-11,23,33,35H,2-3,12-14H2,1H3. The Bertz CT molecular complexity index is 1220. The van der Waals surface area contributed by atoms with Gasteiger partial charge in [-0.05, 0) is 55.3 Å². The SMILES string of the molecule is CCN1c2nc(Oc3ccc(C(F)(F)F)cc3)n(Cc3ccc(Cl)cc3)c2C(=O)N(CCCO)C1O.